The lowest BCUT2D eigenvalue weighted by Crippen LogP contribution is -2.49. The topological polar surface area (TPSA) is 40.5 Å². The molecule has 1 N–H and O–H groups in total. The van der Waals surface area contributed by atoms with Gasteiger partial charge in [-0.3, -0.25) is 9.69 Å². The molecular formula is C13H17BrFNO2. The van der Waals surface area contributed by atoms with Crippen molar-refractivity contribution in [2.24, 2.45) is 0 Å². The van der Waals surface area contributed by atoms with Crippen molar-refractivity contribution < 1.29 is 14.3 Å². The summed E-state index contributed by atoms with van der Waals surface area (Å²) in [4.78, 5) is 12.9. The molecule has 0 bridgehead atoms. The van der Waals surface area contributed by atoms with Crippen LogP contribution in [0.3, 0.4) is 0 Å². The number of aliphatic carboxylic acids is 1. The van der Waals surface area contributed by atoms with Crippen LogP contribution in [0.25, 0.3) is 0 Å². The summed E-state index contributed by atoms with van der Waals surface area (Å²) in [7, 11) is 0. The van der Waals surface area contributed by atoms with E-state index in [1.165, 1.54) is 6.07 Å². The lowest BCUT2D eigenvalue weighted by Gasteiger charge is -2.34. The van der Waals surface area contributed by atoms with Crippen molar-refractivity contribution >= 4 is 21.9 Å². The Morgan fingerprint density at radius 2 is 2.11 bits per heavy atom. The third-order valence-corrected chi connectivity index (χ3v) is 3.57. The van der Waals surface area contributed by atoms with Crippen LogP contribution < -0.4 is 0 Å². The number of benzene rings is 1. The van der Waals surface area contributed by atoms with Crippen molar-refractivity contribution in [3.05, 3.63) is 34.1 Å². The van der Waals surface area contributed by atoms with Gasteiger partial charge in [-0.05, 0) is 32.5 Å². The molecule has 3 nitrogen and oxygen atoms in total. The number of rotatable bonds is 5. The molecule has 0 aliphatic heterocycles. The van der Waals surface area contributed by atoms with Gasteiger partial charge < -0.3 is 5.11 Å². The minimum atomic E-state index is -1.02. The minimum absolute atomic E-state index is 0.273. The summed E-state index contributed by atoms with van der Waals surface area (Å²) in [6.45, 7) is 5.91. The Hall–Kier alpha value is -0.940. The van der Waals surface area contributed by atoms with E-state index in [9.17, 15) is 14.3 Å². The fourth-order valence-electron chi connectivity index (χ4n) is 1.70. The van der Waals surface area contributed by atoms with Gasteiger partial charge in [0.2, 0.25) is 0 Å². The zero-order chi connectivity index (χ0) is 13.9. The van der Waals surface area contributed by atoms with E-state index in [0.717, 1.165) is 0 Å². The van der Waals surface area contributed by atoms with Crippen molar-refractivity contribution in [3.8, 4) is 0 Å². The van der Waals surface area contributed by atoms with Crippen LogP contribution in [0.1, 0.15) is 26.3 Å². The predicted molar refractivity (Wildman–Crippen MR) is 71.9 cm³/mol. The van der Waals surface area contributed by atoms with Gasteiger partial charge in [0.15, 0.2) is 0 Å². The Labute approximate surface area is 115 Å². The van der Waals surface area contributed by atoms with Gasteiger partial charge in [-0.25, -0.2) is 4.39 Å². The highest BCUT2D eigenvalue weighted by Crippen LogP contribution is 2.21. The number of likely N-dealkylation sites (N-methyl/N-ethyl adjacent to an activating group) is 1. The second-order valence-electron chi connectivity index (χ2n) is 4.61. The van der Waals surface area contributed by atoms with Crippen molar-refractivity contribution in [2.75, 3.05) is 6.54 Å². The maximum absolute atomic E-state index is 13.7. The van der Waals surface area contributed by atoms with Gasteiger partial charge in [0, 0.05) is 16.6 Å². The zero-order valence-electron chi connectivity index (χ0n) is 10.7. The first-order valence-corrected chi connectivity index (χ1v) is 6.50. The molecule has 0 saturated carbocycles. The normalized spacial score (nSPS) is 11.9. The van der Waals surface area contributed by atoms with Crippen LogP contribution in [0, 0.1) is 5.82 Å². The van der Waals surface area contributed by atoms with Gasteiger partial charge in [-0.15, -0.1) is 0 Å². The number of carboxylic acids is 1. The molecule has 0 aliphatic carbocycles. The Bertz CT molecular complexity index is 449. The standard InChI is InChI=1S/C13H17BrFNO2/c1-4-16(13(2,3)12(17)18)8-9-5-6-10(14)7-11(9)15/h5-7H,4,8H2,1-3H3,(H,17,18). The largest absolute Gasteiger partial charge is 0.480 e. The minimum Gasteiger partial charge on any atom is -0.480 e. The average molecular weight is 318 g/mol. The molecular weight excluding hydrogens is 301 g/mol. The molecule has 0 aromatic heterocycles. The van der Waals surface area contributed by atoms with Crippen LogP contribution in [0.2, 0.25) is 0 Å². The monoisotopic (exact) mass is 317 g/mol. The van der Waals surface area contributed by atoms with Gasteiger partial charge in [0.25, 0.3) is 0 Å². The third kappa shape index (κ3) is 3.29. The number of hydrogen-bond donors (Lipinski definition) is 1. The van der Waals surface area contributed by atoms with E-state index in [2.05, 4.69) is 15.9 Å². The van der Waals surface area contributed by atoms with E-state index < -0.39 is 11.5 Å². The van der Waals surface area contributed by atoms with Crippen molar-refractivity contribution in [2.45, 2.75) is 32.9 Å². The molecule has 1 aromatic rings. The molecule has 0 radical (unpaired) electrons. The van der Waals surface area contributed by atoms with Crippen LogP contribution in [0.4, 0.5) is 4.39 Å². The molecule has 0 unspecified atom stereocenters. The molecule has 0 fully saturated rings. The van der Waals surface area contributed by atoms with Gasteiger partial charge >= 0.3 is 5.97 Å². The summed E-state index contributed by atoms with van der Waals surface area (Å²) in [5.41, 5.74) is -0.525. The molecule has 5 heteroatoms. The Morgan fingerprint density at radius 3 is 2.56 bits per heavy atom. The maximum Gasteiger partial charge on any atom is 0.323 e. The highest BCUT2D eigenvalue weighted by molar-refractivity contribution is 9.10. The second kappa shape index (κ2) is 5.80. The fourth-order valence-corrected chi connectivity index (χ4v) is 2.03. The van der Waals surface area contributed by atoms with Gasteiger partial charge in [0.05, 0.1) is 0 Å². The van der Waals surface area contributed by atoms with Crippen molar-refractivity contribution in [1.82, 2.24) is 4.90 Å². The summed E-state index contributed by atoms with van der Waals surface area (Å²) in [5, 5.41) is 9.19. The van der Waals surface area contributed by atoms with E-state index >= 15 is 0 Å². The lowest BCUT2D eigenvalue weighted by atomic mass is 10.0. The van der Waals surface area contributed by atoms with Crippen molar-refractivity contribution in [1.29, 1.82) is 0 Å². The maximum atomic E-state index is 13.7. The van der Waals surface area contributed by atoms with Gasteiger partial charge in [0.1, 0.15) is 11.4 Å². The first-order valence-electron chi connectivity index (χ1n) is 5.71. The molecule has 1 aromatic carbocycles. The molecule has 100 valence electrons. The summed E-state index contributed by atoms with van der Waals surface area (Å²) < 4.78 is 14.4. The molecule has 0 saturated heterocycles. The summed E-state index contributed by atoms with van der Waals surface area (Å²) in [5.74, 6) is -1.24. The Morgan fingerprint density at radius 1 is 1.50 bits per heavy atom. The summed E-state index contributed by atoms with van der Waals surface area (Å²) >= 11 is 3.19. The predicted octanol–water partition coefficient (Wildman–Crippen LogP) is 3.27. The van der Waals surface area contributed by atoms with E-state index in [1.54, 1.807) is 30.9 Å². The van der Waals surface area contributed by atoms with E-state index in [-0.39, 0.29) is 12.4 Å². The SMILES string of the molecule is CCN(Cc1ccc(Br)cc1F)C(C)(C)C(=O)O. The molecule has 1 rings (SSSR count). The molecule has 0 aliphatic rings. The second-order valence-corrected chi connectivity index (χ2v) is 5.53. The van der Waals surface area contributed by atoms with Crippen LogP contribution in [-0.4, -0.2) is 28.1 Å². The van der Waals surface area contributed by atoms with E-state index in [1.807, 2.05) is 6.92 Å². The third-order valence-electron chi connectivity index (χ3n) is 3.07. The number of carbonyl (C=O) groups is 1. The molecule has 0 heterocycles. The van der Waals surface area contributed by atoms with E-state index in [0.29, 0.717) is 16.6 Å². The number of halogens is 2. The quantitative estimate of drug-likeness (QED) is 0.906. The van der Waals surface area contributed by atoms with Crippen LogP contribution >= 0.6 is 15.9 Å². The molecule has 18 heavy (non-hydrogen) atoms. The number of carboxylic acid groups (broad SMARTS) is 1. The number of nitrogens with zero attached hydrogens (tertiary/aromatic N) is 1. The first-order chi connectivity index (χ1) is 8.28. The molecule has 0 atom stereocenters. The van der Waals surface area contributed by atoms with Gasteiger partial charge in [-0.1, -0.05) is 28.9 Å². The fraction of sp³-hybridized carbons (Fsp3) is 0.462. The molecule has 0 spiro atoms. The van der Waals surface area contributed by atoms with Crippen LogP contribution in [0.15, 0.2) is 22.7 Å². The smallest absolute Gasteiger partial charge is 0.323 e. The lowest BCUT2D eigenvalue weighted by molar-refractivity contribution is -0.149. The summed E-state index contributed by atoms with van der Waals surface area (Å²) in [6, 6.07) is 4.80. The zero-order valence-corrected chi connectivity index (χ0v) is 12.3. The van der Waals surface area contributed by atoms with Crippen LogP contribution in [0.5, 0.6) is 0 Å². The number of hydrogen-bond acceptors (Lipinski definition) is 2. The highest BCUT2D eigenvalue weighted by atomic mass is 79.9. The van der Waals surface area contributed by atoms with Crippen LogP contribution in [-0.2, 0) is 11.3 Å². The van der Waals surface area contributed by atoms with Gasteiger partial charge in [-0.2, -0.15) is 0 Å². The summed E-state index contributed by atoms with van der Waals surface area (Å²) in [6.07, 6.45) is 0. The Balaban J connectivity index is 2.96. The van der Waals surface area contributed by atoms with Crippen molar-refractivity contribution in [3.63, 3.8) is 0 Å². The molecule has 0 amide bonds. The Kier molecular flexibility index (Phi) is 4.87. The average Bonchev–Trinajstić information content (AvgIpc) is 2.27. The first kappa shape index (κ1) is 15.1. The highest BCUT2D eigenvalue weighted by Gasteiger charge is 2.33. The van der Waals surface area contributed by atoms with E-state index in [4.69, 9.17) is 0 Å².